The number of nitrogens with zero attached hydrogens (tertiary/aromatic N) is 2. The van der Waals surface area contributed by atoms with Crippen LogP contribution in [-0.4, -0.2) is 41.1 Å². The van der Waals surface area contributed by atoms with Crippen LogP contribution in [0.5, 0.6) is 0 Å². The van der Waals surface area contributed by atoms with Crippen molar-refractivity contribution in [3.63, 3.8) is 0 Å². The molecule has 0 unspecified atom stereocenters. The molecule has 0 atom stereocenters. The Hall–Kier alpha value is -1.43. The molecule has 2 N–H and O–H groups in total. The number of nitrogens with one attached hydrogen (secondary N) is 1. The normalized spacial score (nSPS) is 11.1. The number of hydrogen-bond acceptors (Lipinski definition) is 4. The summed E-state index contributed by atoms with van der Waals surface area (Å²) in [6.45, 7) is 2.63. The average Bonchev–Trinajstić information content (AvgIpc) is 2.77. The lowest BCUT2D eigenvalue weighted by molar-refractivity contribution is 0.0938. The van der Waals surface area contributed by atoms with Crippen LogP contribution in [0.4, 0.5) is 0 Å². The fourth-order valence-electron chi connectivity index (χ4n) is 1.66. The first-order valence-electron chi connectivity index (χ1n) is 5.72. The highest BCUT2D eigenvalue weighted by Crippen LogP contribution is 2.08. The molecule has 92 valence electrons. The van der Waals surface area contributed by atoms with Crippen LogP contribution in [0.25, 0.3) is 5.52 Å². The first kappa shape index (κ1) is 12.0. The van der Waals surface area contributed by atoms with Gasteiger partial charge in [0.1, 0.15) is 0 Å². The van der Waals surface area contributed by atoms with E-state index >= 15 is 0 Å². The number of pyridine rings is 1. The molecule has 0 amide bonds. The van der Waals surface area contributed by atoms with Gasteiger partial charge < -0.3 is 15.2 Å². The monoisotopic (exact) mass is 235 g/mol. The SMILES string of the molecule is OCCOCCNCc1cnn2ccccc12. The van der Waals surface area contributed by atoms with Gasteiger partial charge in [-0.3, -0.25) is 0 Å². The summed E-state index contributed by atoms with van der Waals surface area (Å²) in [4.78, 5) is 0. The van der Waals surface area contributed by atoms with Crippen LogP contribution in [-0.2, 0) is 11.3 Å². The molecular weight excluding hydrogens is 218 g/mol. The summed E-state index contributed by atoms with van der Waals surface area (Å²) in [5.41, 5.74) is 2.30. The van der Waals surface area contributed by atoms with Gasteiger partial charge in [0, 0.05) is 24.8 Å². The van der Waals surface area contributed by atoms with Gasteiger partial charge >= 0.3 is 0 Å². The van der Waals surface area contributed by atoms with Gasteiger partial charge in [0.15, 0.2) is 0 Å². The second-order valence-corrected chi connectivity index (χ2v) is 3.71. The largest absolute Gasteiger partial charge is 0.394 e. The number of fused-ring (bicyclic) bond motifs is 1. The van der Waals surface area contributed by atoms with E-state index < -0.39 is 0 Å². The molecule has 2 aromatic rings. The molecule has 5 nitrogen and oxygen atoms in total. The molecule has 0 bridgehead atoms. The molecule has 5 heteroatoms. The zero-order chi connectivity index (χ0) is 11.9. The predicted molar refractivity (Wildman–Crippen MR) is 64.8 cm³/mol. The summed E-state index contributed by atoms with van der Waals surface area (Å²) in [7, 11) is 0. The van der Waals surface area contributed by atoms with Crippen LogP contribution in [0.15, 0.2) is 30.6 Å². The highest BCUT2D eigenvalue weighted by Gasteiger charge is 2.01. The Labute approximate surface area is 100 Å². The van der Waals surface area contributed by atoms with Crippen LogP contribution < -0.4 is 5.32 Å². The van der Waals surface area contributed by atoms with Gasteiger partial charge in [0.25, 0.3) is 0 Å². The topological polar surface area (TPSA) is 58.8 Å². The van der Waals surface area contributed by atoms with Crippen molar-refractivity contribution in [2.45, 2.75) is 6.54 Å². The Bertz CT molecular complexity index is 456. The number of ether oxygens (including phenoxy) is 1. The lowest BCUT2D eigenvalue weighted by atomic mass is 10.2. The molecule has 0 spiro atoms. The molecule has 0 aliphatic rings. The van der Waals surface area contributed by atoms with Gasteiger partial charge in [0.2, 0.25) is 0 Å². The molecule has 0 aliphatic carbocycles. The van der Waals surface area contributed by atoms with Crippen LogP contribution in [0, 0.1) is 0 Å². The smallest absolute Gasteiger partial charge is 0.0706 e. The molecule has 0 aliphatic heterocycles. The van der Waals surface area contributed by atoms with E-state index in [4.69, 9.17) is 9.84 Å². The van der Waals surface area contributed by atoms with Crippen molar-refractivity contribution in [1.82, 2.24) is 14.9 Å². The van der Waals surface area contributed by atoms with Crippen molar-refractivity contribution in [3.8, 4) is 0 Å². The summed E-state index contributed by atoms with van der Waals surface area (Å²) in [5, 5.41) is 16.1. The molecule has 2 heterocycles. The Morgan fingerprint density at radius 2 is 2.29 bits per heavy atom. The second kappa shape index (κ2) is 6.34. The molecule has 0 aromatic carbocycles. The summed E-state index contributed by atoms with van der Waals surface area (Å²) >= 11 is 0. The number of aliphatic hydroxyl groups excluding tert-OH is 1. The van der Waals surface area contributed by atoms with E-state index in [2.05, 4.69) is 10.4 Å². The quantitative estimate of drug-likeness (QED) is 0.683. The zero-order valence-electron chi connectivity index (χ0n) is 9.67. The zero-order valence-corrected chi connectivity index (χ0v) is 9.67. The van der Waals surface area contributed by atoms with Crippen LogP contribution in [0.3, 0.4) is 0 Å². The molecule has 2 aromatic heterocycles. The number of rotatable bonds is 7. The lowest BCUT2D eigenvalue weighted by Gasteiger charge is -2.04. The minimum atomic E-state index is 0.0774. The Balaban J connectivity index is 1.79. The first-order chi connectivity index (χ1) is 8.42. The molecule has 0 saturated heterocycles. The van der Waals surface area contributed by atoms with Crippen molar-refractivity contribution in [3.05, 3.63) is 36.2 Å². The van der Waals surface area contributed by atoms with Gasteiger partial charge in [-0.25, -0.2) is 4.52 Å². The lowest BCUT2D eigenvalue weighted by Crippen LogP contribution is -2.19. The fraction of sp³-hybridized carbons (Fsp3) is 0.417. The standard InChI is InChI=1S/C12H17N3O2/c16-6-8-17-7-4-13-9-11-10-14-15-5-2-1-3-12(11)15/h1-3,5,10,13,16H,4,6-9H2. The number of hydrogen-bond donors (Lipinski definition) is 2. The van der Waals surface area contributed by atoms with Crippen molar-refractivity contribution >= 4 is 5.52 Å². The second-order valence-electron chi connectivity index (χ2n) is 3.71. The van der Waals surface area contributed by atoms with E-state index in [0.29, 0.717) is 13.2 Å². The van der Waals surface area contributed by atoms with Gasteiger partial charge in [0.05, 0.1) is 31.5 Å². The molecule has 2 rings (SSSR count). The Morgan fingerprint density at radius 3 is 3.18 bits per heavy atom. The van der Waals surface area contributed by atoms with E-state index in [1.54, 1.807) is 0 Å². The minimum absolute atomic E-state index is 0.0774. The summed E-state index contributed by atoms with van der Waals surface area (Å²) in [6.07, 6.45) is 3.81. The highest BCUT2D eigenvalue weighted by molar-refractivity contribution is 5.53. The predicted octanol–water partition coefficient (Wildman–Crippen LogP) is 0.433. The van der Waals surface area contributed by atoms with Crippen molar-refractivity contribution < 1.29 is 9.84 Å². The van der Waals surface area contributed by atoms with E-state index in [1.165, 1.54) is 5.56 Å². The fourth-order valence-corrected chi connectivity index (χ4v) is 1.66. The van der Waals surface area contributed by atoms with Crippen molar-refractivity contribution in [2.24, 2.45) is 0 Å². The minimum Gasteiger partial charge on any atom is -0.394 e. The maximum Gasteiger partial charge on any atom is 0.0706 e. The third-order valence-corrected chi connectivity index (χ3v) is 2.48. The molecule has 17 heavy (non-hydrogen) atoms. The summed E-state index contributed by atoms with van der Waals surface area (Å²) in [5.74, 6) is 0. The molecular formula is C12H17N3O2. The van der Waals surface area contributed by atoms with E-state index in [-0.39, 0.29) is 6.61 Å². The van der Waals surface area contributed by atoms with Gasteiger partial charge in [-0.15, -0.1) is 0 Å². The highest BCUT2D eigenvalue weighted by atomic mass is 16.5. The summed E-state index contributed by atoms with van der Waals surface area (Å²) < 4.78 is 7.02. The number of aromatic nitrogens is 2. The van der Waals surface area contributed by atoms with E-state index in [0.717, 1.165) is 18.6 Å². The third-order valence-electron chi connectivity index (χ3n) is 2.48. The van der Waals surface area contributed by atoms with E-state index in [1.807, 2.05) is 35.1 Å². The average molecular weight is 235 g/mol. The number of aliphatic hydroxyl groups is 1. The van der Waals surface area contributed by atoms with Gasteiger partial charge in [-0.2, -0.15) is 5.10 Å². The van der Waals surface area contributed by atoms with Crippen LogP contribution in [0.2, 0.25) is 0 Å². The Morgan fingerprint density at radius 1 is 1.35 bits per heavy atom. The molecule has 0 saturated carbocycles. The van der Waals surface area contributed by atoms with Gasteiger partial charge in [-0.05, 0) is 12.1 Å². The van der Waals surface area contributed by atoms with E-state index in [9.17, 15) is 0 Å². The van der Waals surface area contributed by atoms with Gasteiger partial charge in [-0.1, -0.05) is 6.07 Å². The van der Waals surface area contributed by atoms with Crippen molar-refractivity contribution in [1.29, 1.82) is 0 Å². The van der Waals surface area contributed by atoms with Crippen molar-refractivity contribution in [2.75, 3.05) is 26.4 Å². The third kappa shape index (κ3) is 3.26. The maximum atomic E-state index is 8.53. The Kier molecular flexibility index (Phi) is 4.49. The van der Waals surface area contributed by atoms with Crippen LogP contribution in [0.1, 0.15) is 5.56 Å². The molecule has 0 fully saturated rings. The molecule has 0 radical (unpaired) electrons. The maximum absolute atomic E-state index is 8.53. The summed E-state index contributed by atoms with van der Waals surface area (Å²) in [6, 6.07) is 6.01. The van der Waals surface area contributed by atoms with Crippen LogP contribution >= 0.6 is 0 Å². The first-order valence-corrected chi connectivity index (χ1v) is 5.72.